The molecule has 0 aliphatic carbocycles. The molecule has 0 radical (unpaired) electrons. The summed E-state index contributed by atoms with van der Waals surface area (Å²) in [7, 11) is 0. The first-order chi connectivity index (χ1) is 13.2. The number of ether oxygens (including phenoxy) is 1. The summed E-state index contributed by atoms with van der Waals surface area (Å²) in [4.78, 5) is 15.1. The van der Waals surface area contributed by atoms with Gasteiger partial charge < -0.3 is 10.1 Å². The number of hydrogen-bond acceptors (Lipinski definition) is 3. The van der Waals surface area contributed by atoms with Crippen molar-refractivity contribution in [2.75, 3.05) is 13.1 Å². The van der Waals surface area contributed by atoms with Gasteiger partial charge in [0.15, 0.2) is 6.10 Å². The second kappa shape index (κ2) is 9.56. The molecule has 1 amide bonds. The first-order valence-electron chi connectivity index (χ1n) is 9.96. The van der Waals surface area contributed by atoms with Crippen LogP contribution in [0, 0.1) is 6.92 Å². The number of aryl methyl sites for hydroxylation is 1. The molecule has 1 saturated heterocycles. The minimum atomic E-state index is -0.474. The highest BCUT2D eigenvalue weighted by Gasteiger charge is 2.19. The second-order valence-electron chi connectivity index (χ2n) is 7.30. The fraction of sp³-hybridized carbons (Fsp3) is 0.435. The topological polar surface area (TPSA) is 41.6 Å². The van der Waals surface area contributed by atoms with E-state index in [1.807, 2.05) is 44.2 Å². The molecule has 2 aromatic carbocycles. The molecular weight excluding hydrogens is 336 g/mol. The molecule has 1 unspecified atom stereocenters. The van der Waals surface area contributed by atoms with E-state index < -0.39 is 6.10 Å². The van der Waals surface area contributed by atoms with Crippen LogP contribution in [0.25, 0.3) is 0 Å². The predicted molar refractivity (Wildman–Crippen MR) is 109 cm³/mol. The highest BCUT2D eigenvalue weighted by Crippen LogP contribution is 2.17. The lowest BCUT2D eigenvalue weighted by atomic mass is 10.1. The third-order valence-electron chi connectivity index (χ3n) is 5.10. The van der Waals surface area contributed by atoms with Crippen LogP contribution in [0.4, 0.5) is 0 Å². The molecular formula is C23H30N2O2. The van der Waals surface area contributed by atoms with Crippen LogP contribution in [-0.2, 0) is 17.9 Å². The van der Waals surface area contributed by atoms with Gasteiger partial charge in [-0.15, -0.1) is 0 Å². The average Bonchev–Trinajstić information content (AvgIpc) is 3.18. The van der Waals surface area contributed by atoms with Crippen molar-refractivity contribution < 1.29 is 9.53 Å². The number of rotatable bonds is 8. The third-order valence-corrected chi connectivity index (χ3v) is 5.10. The summed E-state index contributed by atoms with van der Waals surface area (Å²) in [6.07, 6.45) is 2.73. The van der Waals surface area contributed by atoms with E-state index in [9.17, 15) is 4.79 Å². The average molecular weight is 367 g/mol. The fourth-order valence-electron chi connectivity index (χ4n) is 3.54. The number of carbonyl (C=O) groups is 1. The zero-order chi connectivity index (χ0) is 19.1. The van der Waals surface area contributed by atoms with Gasteiger partial charge in [-0.25, -0.2) is 0 Å². The molecule has 144 valence electrons. The van der Waals surface area contributed by atoms with Gasteiger partial charge in [0.2, 0.25) is 0 Å². The lowest BCUT2D eigenvalue weighted by Crippen LogP contribution is -2.37. The summed E-state index contributed by atoms with van der Waals surface area (Å²) in [5.74, 6) is 0.682. The molecule has 1 aliphatic heterocycles. The van der Waals surface area contributed by atoms with E-state index in [0.29, 0.717) is 13.0 Å². The highest BCUT2D eigenvalue weighted by molar-refractivity contribution is 5.81. The number of amides is 1. The van der Waals surface area contributed by atoms with Crippen molar-refractivity contribution in [3.63, 3.8) is 0 Å². The molecule has 1 fully saturated rings. The van der Waals surface area contributed by atoms with Gasteiger partial charge in [-0.05, 0) is 68.1 Å². The maximum Gasteiger partial charge on any atom is 0.261 e. The van der Waals surface area contributed by atoms with E-state index in [1.165, 1.54) is 37.1 Å². The van der Waals surface area contributed by atoms with Gasteiger partial charge in [0, 0.05) is 13.1 Å². The van der Waals surface area contributed by atoms with Crippen molar-refractivity contribution in [2.45, 2.75) is 52.3 Å². The summed E-state index contributed by atoms with van der Waals surface area (Å²) in [6, 6.07) is 16.2. The maximum atomic E-state index is 12.6. The summed E-state index contributed by atoms with van der Waals surface area (Å²) in [5, 5.41) is 3.07. The number of nitrogens with one attached hydrogen (secondary N) is 1. The van der Waals surface area contributed by atoms with E-state index in [4.69, 9.17) is 4.74 Å². The third kappa shape index (κ3) is 5.57. The van der Waals surface area contributed by atoms with Crippen LogP contribution in [0.5, 0.6) is 5.75 Å². The van der Waals surface area contributed by atoms with Gasteiger partial charge in [-0.3, -0.25) is 9.69 Å². The number of carbonyl (C=O) groups excluding carboxylic acids is 1. The van der Waals surface area contributed by atoms with Crippen LogP contribution in [0.1, 0.15) is 42.9 Å². The van der Waals surface area contributed by atoms with Crippen molar-refractivity contribution >= 4 is 5.91 Å². The zero-order valence-corrected chi connectivity index (χ0v) is 16.4. The molecule has 4 nitrogen and oxygen atoms in total. The fourth-order valence-corrected chi connectivity index (χ4v) is 3.54. The molecule has 0 bridgehead atoms. The molecule has 1 atom stereocenters. The predicted octanol–water partition coefficient (Wildman–Crippen LogP) is 4.06. The normalized spacial score (nSPS) is 15.5. The van der Waals surface area contributed by atoms with E-state index in [-0.39, 0.29) is 5.91 Å². The molecule has 0 spiro atoms. The molecule has 4 heteroatoms. The number of likely N-dealkylation sites (tertiary alicyclic amines) is 1. The SMILES string of the molecule is CCC(Oc1cccc(C)c1)C(=O)NCc1ccccc1CN1CCCC1. The number of benzene rings is 2. The van der Waals surface area contributed by atoms with E-state index in [1.54, 1.807) is 0 Å². The zero-order valence-electron chi connectivity index (χ0n) is 16.4. The van der Waals surface area contributed by atoms with Gasteiger partial charge in [0.25, 0.3) is 5.91 Å². The first-order valence-corrected chi connectivity index (χ1v) is 9.96. The van der Waals surface area contributed by atoms with Crippen LogP contribution < -0.4 is 10.1 Å². The van der Waals surface area contributed by atoms with Crippen LogP contribution >= 0.6 is 0 Å². The van der Waals surface area contributed by atoms with Gasteiger partial charge in [0.1, 0.15) is 5.75 Å². The van der Waals surface area contributed by atoms with Crippen LogP contribution in [0.2, 0.25) is 0 Å². The molecule has 2 aromatic rings. The van der Waals surface area contributed by atoms with Crippen LogP contribution in [0.15, 0.2) is 48.5 Å². The monoisotopic (exact) mass is 366 g/mol. The van der Waals surface area contributed by atoms with E-state index in [2.05, 4.69) is 28.4 Å². The van der Waals surface area contributed by atoms with Crippen molar-refractivity contribution in [3.05, 3.63) is 65.2 Å². The number of hydrogen-bond donors (Lipinski definition) is 1. The Morgan fingerprint density at radius 3 is 2.56 bits per heavy atom. The molecule has 1 aliphatic rings. The quantitative estimate of drug-likeness (QED) is 0.766. The van der Waals surface area contributed by atoms with Crippen LogP contribution in [0.3, 0.4) is 0 Å². The Balaban J connectivity index is 1.59. The van der Waals surface area contributed by atoms with Crippen molar-refractivity contribution in [3.8, 4) is 5.75 Å². The Bertz CT molecular complexity index is 754. The summed E-state index contributed by atoms with van der Waals surface area (Å²) >= 11 is 0. The van der Waals surface area contributed by atoms with Gasteiger partial charge >= 0.3 is 0 Å². The second-order valence-corrected chi connectivity index (χ2v) is 7.30. The van der Waals surface area contributed by atoms with Crippen LogP contribution in [-0.4, -0.2) is 30.0 Å². The minimum absolute atomic E-state index is 0.0602. The summed E-state index contributed by atoms with van der Waals surface area (Å²) in [5.41, 5.74) is 3.61. The van der Waals surface area contributed by atoms with E-state index in [0.717, 1.165) is 17.9 Å². The smallest absolute Gasteiger partial charge is 0.261 e. The largest absolute Gasteiger partial charge is 0.481 e. The van der Waals surface area contributed by atoms with Crippen molar-refractivity contribution in [1.82, 2.24) is 10.2 Å². The Morgan fingerprint density at radius 2 is 1.85 bits per heavy atom. The van der Waals surface area contributed by atoms with E-state index >= 15 is 0 Å². The highest BCUT2D eigenvalue weighted by atomic mass is 16.5. The van der Waals surface area contributed by atoms with Gasteiger partial charge in [-0.2, -0.15) is 0 Å². The molecule has 27 heavy (non-hydrogen) atoms. The summed E-state index contributed by atoms with van der Waals surface area (Å²) < 4.78 is 5.91. The maximum absolute atomic E-state index is 12.6. The lowest BCUT2D eigenvalue weighted by Gasteiger charge is -2.20. The Morgan fingerprint density at radius 1 is 1.11 bits per heavy atom. The first kappa shape index (κ1) is 19.4. The lowest BCUT2D eigenvalue weighted by molar-refractivity contribution is -0.128. The van der Waals surface area contributed by atoms with Gasteiger partial charge in [-0.1, -0.05) is 43.3 Å². The Labute approximate surface area is 162 Å². The molecule has 0 aromatic heterocycles. The molecule has 3 rings (SSSR count). The molecule has 1 N–H and O–H groups in total. The minimum Gasteiger partial charge on any atom is -0.481 e. The molecule has 0 saturated carbocycles. The number of nitrogens with zero attached hydrogens (tertiary/aromatic N) is 1. The van der Waals surface area contributed by atoms with Crippen molar-refractivity contribution in [2.24, 2.45) is 0 Å². The van der Waals surface area contributed by atoms with Gasteiger partial charge in [0.05, 0.1) is 0 Å². The van der Waals surface area contributed by atoms with Crippen molar-refractivity contribution in [1.29, 1.82) is 0 Å². The summed E-state index contributed by atoms with van der Waals surface area (Å²) in [6.45, 7) is 7.83. The Kier molecular flexibility index (Phi) is 6.88. The standard InChI is InChI=1S/C23H30N2O2/c1-3-22(27-21-12-8-9-18(2)15-21)23(26)24-16-19-10-4-5-11-20(19)17-25-13-6-7-14-25/h4-5,8-12,15,22H,3,6-7,13-14,16-17H2,1-2H3,(H,24,26). The Hall–Kier alpha value is -2.33. The molecule has 1 heterocycles.